The van der Waals surface area contributed by atoms with E-state index in [9.17, 15) is 9.59 Å². The Morgan fingerprint density at radius 3 is 2.68 bits per heavy atom. The van der Waals surface area contributed by atoms with Gasteiger partial charge in [0, 0.05) is 17.8 Å². The molecule has 0 radical (unpaired) electrons. The average Bonchev–Trinajstić information content (AvgIpc) is 3.42. The van der Waals surface area contributed by atoms with Crippen molar-refractivity contribution in [3.05, 3.63) is 60.2 Å². The summed E-state index contributed by atoms with van der Waals surface area (Å²) in [5.41, 5.74) is 2.45. The fourth-order valence-electron chi connectivity index (χ4n) is 4.01. The number of rotatable bonds is 6. The predicted molar refractivity (Wildman–Crippen MR) is 110 cm³/mol. The molecule has 2 bridgehead atoms. The van der Waals surface area contributed by atoms with Crippen molar-refractivity contribution in [2.75, 3.05) is 11.9 Å². The zero-order valence-electron chi connectivity index (χ0n) is 16.6. The molecule has 2 fully saturated rings. The molecule has 2 aliphatic heterocycles. The molecule has 10 nitrogen and oxygen atoms in total. The lowest BCUT2D eigenvalue weighted by atomic mass is 10.00. The first-order valence-corrected chi connectivity index (χ1v) is 10.1. The molecule has 3 aromatic rings. The van der Waals surface area contributed by atoms with Crippen LogP contribution in [0.4, 0.5) is 10.5 Å². The number of H-pyrrole nitrogens is 1. The van der Waals surface area contributed by atoms with Crippen LogP contribution in [0.2, 0.25) is 0 Å². The number of hydroxylamine groups is 2. The summed E-state index contributed by atoms with van der Waals surface area (Å²) in [5, 5.41) is 18.0. The van der Waals surface area contributed by atoms with Gasteiger partial charge in [-0.15, -0.1) is 5.10 Å². The summed E-state index contributed by atoms with van der Waals surface area (Å²) in [6.07, 6.45) is 1.31. The summed E-state index contributed by atoms with van der Waals surface area (Å²) in [4.78, 5) is 33.2. The number of piperidine rings is 1. The Kier molecular flexibility index (Phi) is 5.04. The van der Waals surface area contributed by atoms with Gasteiger partial charge in [-0.2, -0.15) is 5.06 Å². The standard InChI is InChI=1S/C21H21N7O3/c29-20(22-16-8-6-15(7-9-16)19-23-25-26-24-19)18-11-10-17-12-27(18)21(30)28(17)31-13-14-4-2-1-3-5-14/h1-9,17-18H,10-13H2,(H,22,29)(H,23,24,25,26)/t17?,18-/m0/s1. The van der Waals surface area contributed by atoms with Gasteiger partial charge in [0.15, 0.2) is 5.82 Å². The summed E-state index contributed by atoms with van der Waals surface area (Å²) in [6, 6.07) is 16.1. The SMILES string of the molecule is O=C(Nc1ccc(-c2nnn[nH]2)cc1)[C@@H]1CCC2CN1C(=O)N2OCc1ccccc1. The van der Waals surface area contributed by atoms with Crippen LogP contribution in [-0.4, -0.2) is 61.2 Å². The van der Waals surface area contributed by atoms with Crippen LogP contribution in [0.25, 0.3) is 11.4 Å². The molecule has 10 heteroatoms. The maximum absolute atomic E-state index is 12.9. The molecule has 2 aliphatic rings. The van der Waals surface area contributed by atoms with Gasteiger partial charge >= 0.3 is 6.03 Å². The summed E-state index contributed by atoms with van der Waals surface area (Å²) in [7, 11) is 0. The highest BCUT2D eigenvalue weighted by Gasteiger charge is 2.47. The van der Waals surface area contributed by atoms with E-state index in [0.29, 0.717) is 37.5 Å². The minimum Gasteiger partial charge on any atom is -0.324 e. The number of hydrogen-bond donors (Lipinski definition) is 2. The van der Waals surface area contributed by atoms with E-state index in [1.165, 1.54) is 5.06 Å². The maximum Gasteiger partial charge on any atom is 0.345 e. The average molecular weight is 419 g/mol. The van der Waals surface area contributed by atoms with Gasteiger partial charge in [-0.1, -0.05) is 30.3 Å². The molecule has 0 saturated carbocycles. The Bertz CT molecular complexity index is 1060. The van der Waals surface area contributed by atoms with E-state index in [1.54, 1.807) is 17.0 Å². The van der Waals surface area contributed by atoms with Gasteiger partial charge < -0.3 is 10.2 Å². The topological polar surface area (TPSA) is 116 Å². The van der Waals surface area contributed by atoms with Crippen molar-refractivity contribution in [1.29, 1.82) is 0 Å². The number of carbonyl (C=O) groups excluding carboxylic acids is 2. The largest absolute Gasteiger partial charge is 0.345 e. The number of aromatic amines is 1. The van der Waals surface area contributed by atoms with Crippen LogP contribution >= 0.6 is 0 Å². The van der Waals surface area contributed by atoms with Crippen LogP contribution in [0, 0.1) is 0 Å². The normalized spacial score (nSPS) is 20.2. The number of hydrogen-bond acceptors (Lipinski definition) is 6. The summed E-state index contributed by atoms with van der Waals surface area (Å²) >= 11 is 0. The van der Waals surface area contributed by atoms with Crippen LogP contribution < -0.4 is 5.32 Å². The molecule has 3 heterocycles. The van der Waals surface area contributed by atoms with Gasteiger partial charge in [0.25, 0.3) is 0 Å². The van der Waals surface area contributed by atoms with Crippen molar-refractivity contribution in [3.8, 4) is 11.4 Å². The number of fused-ring (bicyclic) bond motifs is 2. The summed E-state index contributed by atoms with van der Waals surface area (Å²) in [5.74, 6) is 0.347. The second-order valence-electron chi connectivity index (χ2n) is 7.58. The number of anilines is 1. The van der Waals surface area contributed by atoms with E-state index in [2.05, 4.69) is 25.9 Å². The van der Waals surface area contributed by atoms with Crippen LogP contribution in [0.1, 0.15) is 18.4 Å². The van der Waals surface area contributed by atoms with Crippen LogP contribution in [0.15, 0.2) is 54.6 Å². The number of tetrazole rings is 1. The Balaban J connectivity index is 1.21. The van der Waals surface area contributed by atoms with E-state index >= 15 is 0 Å². The van der Waals surface area contributed by atoms with Crippen LogP contribution in [0.3, 0.4) is 0 Å². The monoisotopic (exact) mass is 419 g/mol. The quantitative estimate of drug-likeness (QED) is 0.633. The first-order valence-electron chi connectivity index (χ1n) is 10.1. The predicted octanol–water partition coefficient (Wildman–Crippen LogP) is 2.21. The molecule has 1 aromatic heterocycles. The molecule has 2 aromatic carbocycles. The molecule has 0 aliphatic carbocycles. The molecule has 3 amide bonds. The molecular weight excluding hydrogens is 398 g/mol. The molecule has 31 heavy (non-hydrogen) atoms. The van der Waals surface area contributed by atoms with Gasteiger partial charge in [0.05, 0.1) is 6.04 Å². The Hall–Kier alpha value is -3.79. The second-order valence-corrected chi connectivity index (χ2v) is 7.58. The third-order valence-corrected chi connectivity index (χ3v) is 5.61. The third kappa shape index (κ3) is 3.84. The highest BCUT2D eigenvalue weighted by Crippen LogP contribution is 2.31. The Morgan fingerprint density at radius 2 is 1.94 bits per heavy atom. The second kappa shape index (κ2) is 8.15. The lowest BCUT2D eigenvalue weighted by Crippen LogP contribution is -2.47. The summed E-state index contributed by atoms with van der Waals surface area (Å²) in [6.45, 7) is 0.810. The van der Waals surface area contributed by atoms with Gasteiger partial charge in [-0.25, -0.2) is 9.89 Å². The van der Waals surface area contributed by atoms with Gasteiger partial charge in [0.1, 0.15) is 12.6 Å². The van der Waals surface area contributed by atoms with Crippen molar-refractivity contribution in [2.45, 2.75) is 31.5 Å². The smallest absolute Gasteiger partial charge is 0.324 e. The third-order valence-electron chi connectivity index (χ3n) is 5.61. The Morgan fingerprint density at radius 1 is 1.13 bits per heavy atom. The van der Waals surface area contributed by atoms with E-state index in [0.717, 1.165) is 11.1 Å². The zero-order chi connectivity index (χ0) is 21.2. The lowest BCUT2D eigenvalue weighted by Gasteiger charge is -2.29. The first-order chi connectivity index (χ1) is 15.2. The zero-order valence-corrected chi connectivity index (χ0v) is 16.6. The van der Waals surface area contributed by atoms with E-state index < -0.39 is 6.04 Å². The van der Waals surface area contributed by atoms with E-state index in [1.807, 2.05) is 42.5 Å². The van der Waals surface area contributed by atoms with Crippen LogP contribution in [-0.2, 0) is 16.2 Å². The van der Waals surface area contributed by atoms with Gasteiger partial charge in [-0.3, -0.25) is 9.63 Å². The molecule has 2 N–H and O–H groups in total. The van der Waals surface area contributed by atoms with E-state index in [-0.39, 0.29) is 18.0 Å². The van der Waals surface area contributed by atoms with Gasteiger partial charge in [-0.05, 0) is 53.1 Å². The van der Waals surface area contributed by atoms with Crippen molar-refractivity contribution >= 4 is 17.6 Å². The molecule has 2 saturated heterocycles. The van der Waals surface area contributed by atoms with Gasteiger partial charge in [0.2, 0.25) is 5.91 Å². The van der Waals surface area contributed by atoms with Crippen molar-refractivity contribution in [3.63, 3.8) is 0 Å². The molecule has 2 atom stereocenters. The van der Waals surface area contributed by atoms with Crippen molar-refractivity contribution in [1.82, 2.24) is 30.6 Å². The molecule has 5 rings (SSSR count). The minimum absolute atomic E-state index is 0.0324. The summed E-state index contributed by atoms with van der Waals surface area (Å²) < 4.78 is 0. The Labute approximate surface area is 178 Å². The van der Waals surface area contributed by atoms with E-state index in [4.69, 9.17) is 4.84 Å². The number of benzene rings is 2. The molecule has 1 unspecified atom stereocenters. The number of carbonyl (C=O) groups is 2. The van der Waals surface area contributed by atoms with Crippen molar-refractivity contribution < 1.29 is 14.4 Å². The molecule has 158 valence electrons. The van der Waals surface area contributed by atoms with Crippen molar-refractivity contribution in [2.24, 2.45) is 0 Å². The minimum atomic E-state index is -0.521. The number of nitrogens with one attached hydrogen (secondary N) is 2. The number of amides is 3. The van der Waals surface area contributed by atoms with Crippen LogP contribution in [0.5, 0.6) is 0 Å². The highest BCUT2D eigenvalue weighted by molar-refractivity contribution is 5.97. The fourth-order valence-corrected chi connectivity index (χ4v) is 4.01. The molecule has 0 spiro atoms. The lowest BCUT2D eigenvalue weighted by molar-refractivity contribution is -0.140. The fraction of sp³-hybridized carbons (Fsp3) is 0.286. The highest BCUT2D eigenvalue weighted by atomic mass is 16.7. The number of nitrogens with zero attached hydrogens (tertiary/aromatic N) is 5. The number of urea groups is 1. The molecular formula is C21H21N7O3. The maximum atomic E-state index is 12.9. The number of aromatic nitrogens is 4. The first kappa shape index (κ1) is 19.2.